The smallest absolute Gasteiger partial charge is 0.300 e. The zero-order chi connectivity index (χ0) is 17.7. The maximum atomic E-state index is 12.0. The predicted molar refractivity (Wildman–Crippen MR) is 85.6 cm³/mol. The molecule has 0 bridgehead atoms. The molecule has 0 aliphatic heterocycles. The van der Waals surface area contributed by atoms with Crippen molar-refractivity contribution in [2.75, 3.05) is 5.43 Å². The SMILES string of the molecule is O=[N+]([O-])c1ccc(NNS(=O)(=O)Cc2ccccc2)c([N+](=O)[O-])c1. The number of anilines is 1. The van der Waals surface area contributed by atoms with Gasteiger partial charge in [-0.15, -0.1) is 4.83 Å². The lowest BCUT2D eigenvalue weighted by atomic mass is 10.2. The number of benzene rings is 2. The summed E-state index contributed by atoms with van der Waals surface area (Å²) in [4.78, 5) is 22.0. The van der Waals surface area contributed by atoms with Gasteiger partial charge in [-0.3, -0.25) is 20.2 Å². The molecule has 0 saturated carbocycles. The van der Waals surface area contributed by atoms with Crippen molar-refractivity contribution in [3.63, 3.8) is 0 Å². The fourth-order valence-electron chi connectivity index (χ4n) is 1.85. The first-order valence-electron chi connectivity index (χ1n) is 6.51. The van der Waals surface area contributed by atoms with E-state index < -0.39 is 31.2 Å². The molecular weight excluding hydrogens is 340 g/mol. The van der Waals surface area contributed by atoms with Crippen molar-refractivity contribution in [1.82, 2.24) is 4.83 Å². The Morgan fingerprint density at radius 2 is 1.62 bits per heavy atom. The van der Waals surface area contributed by atoms with Gasteiger partial charge in [-0.25, -0.2) is 8.42 Å². The first kappa shape index (κ1) is 17.3. The molecule has 2 aromatic rings. The molecule has 11 heteroatoms. The molecule has 2 N–H and O–H groups in total. The van der Waals surface area contributed by atoms with Crippen LogP contribution in [0.2, 0.25) is 0 Å². The Bertz CT molecular complexity index is 869. The first-order chi connectivity index (χ1) is 11.3. The van der Waals surface area contributed by atoms with Gasteiger partial charge < -0.3 is 5.43 Å². The van der Waals surface area contributed by atoms with Crippen LogP contribution in [0, 0.1) is 20.2 Å². The van der Waals surface area contributed by atoms with Crippen LogP contribution in [0.1, 0.15) is 5.56 Å². The normalized spacial score (nSPS) is 11.0. The lowest BCUT2D eigenvalue weighted by Gasteiger charge is -2.09. The minimum absolute atomic E-state index is 0.206. The molecule has 0 radical (unpaired) electrons. The Hall–Kier alpha value is -3.05. The minimum atomic E-state index is -3.82. The molecule has 2 aromatic carbocycles. The Labute approximate surface area is 136 Å². The minimum Gasteiger partial charge on any atom is -0.302 e. The lowest BCUT2D eigenvalue weighted by molar-refractivity contribution is -0.393. The Morgan fingerprint density at radius 3 is 2.21 bits per heavy atom. The zero-order valence-corrected chi connectivity index (χ0v) is 12.9. The molecule has 0 fully saturated rings. The summed E-state index contributed by atoms with van der Waals surface area (Å²) < 4.78 is 24.0. The second kappa shape index (κ2) is 7.02. The Morgan fingerprint density at radius 1 is 0.958 bits per heavy atom. The third kappa shape index (κ3) is 4.47. The molecule has 0 heterocycles. The highest BCUT2D eigenvalue weighted by Gasteiger charge is 2.20. The number of nitro groups is 2. The van der Waals surface area contributed by atoms with E-state index in [9.17, 15) is 28.6 Å². The van der Waals surface area contributed by atoms with Gasteiger partial charge in [-0.05, 0) is 11.6 Å². The van der Waals surface area contributed by atoms with Crippen molar-refractivity contribution in [2.24, 2.45) is 0 Å². The number of hydrazine groups is 1. The fraction of sp³-hybridized carbons (Fsp3) is 0.0769. The summed E-state index contributed by atoms with van der Waals surface area (Å²) in [6.45, 7) is 0. The summed E-state index contributed by atoms with van der Waals surface area (Å²) in [6, 6.07) is 11.2. The molecule has 10 nitrogen and oxygen atoms in total. The number of non-ortho nitro benzene ring substituents is 1. The highest BCUT2D eigenvalue weighted by Crippen LogP contribution is 2.28. The average molecular weight is 352 g/mol. The molecule has 0 saturated heterocycles. The number of nitrogens with zero attached hydrogens (tertiary/aromatic N) is 2. The number of nitro benzene ring substituents is 2. The van der Waals surface area contributed by atoms with Gasteiger partial charge in [0.1, 0.15) is 5.69 Å². The Balaban J connectivity index is 2.16. The van der Waals surface area contributed by atoms with E-state index in [0.29, 0.717) is 5.56 Å². The van der Waals surface area contributed by atoms with Crippen LogP contribution in [-0.4, -0.2) is 18.3 Å². The van der Waals surface area contributed by atoms with Crippen molar-refractivity contribution in [2.45, 2.75) is 5.75 Å². The highest BCUT2D eigenvalue weighted by atomic mass is 32.2. The molecule has 0 amide bonds. The fourth-order valence-corrected chi connectivity index (χ4v) is 2.82. The number of nitrogens with one attached hydrogen (secondary N) is 2. The standard InChI is InChI=1S/C13H12N4O6S/c18-16(19)11-6-7-12(13(8-11)17(20)21)14-15-24(22,23)9-10-4-2-1-3-5-10/h1-8,14-15H,9H2. The van der Waals surface area contributed by atoms with E-state index >= 15 is 0 Å². The predicted octanol–water partition coefficient (Wildman–Crippen LogP) is 1.95. The van der Waals surface area contributed by atoms with E-state index in [1.54, 1.807) is 30.3 Å². The summed E-state index contributed by atoms with van der Waals surface area (Å²) in [5.74, 6) is -0.332. The van der Waals surface area contributed by atoms with Crippen LogP contribution >= 0.6 is 0 Å². The number of sulfonamides is 1. The highest BCUT2D eigenvalue weighted by molar-refractivity contribution is 7.88. The van der Waals surface area contributed by atoms with Crippen LogP contribution in [0.4, 0.5) is 17.1 Å². The number of hydrogen-bond acceptors (Lipinski definition) is 7. The topological polar surface area (TPSA) is 144 Å². The lowest BCUT2D eigenvalue weighted by Crippen LogP contribution is -2.31. The maximum absolute atomic E-state index is 12.0. The molecule has 2 rings (SSSR count). The molecular formula is C13H12N4O6S. The zero-order valence-electron chi connectivity index (χ0n) is 12.1. The second-order valence-corrected chi connectivity index (χ2v) is 6.41. The first-order valence-corrected chi connectivity index (χ1v) is 8.16. The van der Waals surface area contributed by atoms with E-state index in [-0.39, 0.29) is 11.4 Å². The van der Waals surface area contributed by atoms with Crippen LogP contribution < -0.4 is 10.3 Å². The number of hydrogen-bond donors (Lipinski definition) is 2. The van der Waals surface area contributed by atoms with E-state index in [0.717, 1.165) is 18.2 Å². The Kier molecular flexibility index (Phi) is 5.06. The summed E-state index contributed by atoms with van der Waals surface area (Å²) in [5, 5.41) is 21.6. The molecule has 0 aliphatic rings. The molecule has 0 atom stereocenters. The van der Waals surface area contributed by atoms with Crippen LogP contribution in [0.5, 0.6) is 0 Å². The van der Waals surface area contributed by atoms with Gasteiger partial charge in [0.2, 0.25) is 10.0 Å². The molecule has 0 unspecified atom stereocenters. The largest absolute Gasteiger partial charge is 0.302 e. The van der Waals surface area contributed by atoms with Crippen LogP contribution in [0.15, 0.2) is 48.5 Å². The van der Waals surface area contributed by atoms with Crippen molar-refractivity contribution in [3.8, 4) is 0 Å². The van der Waals surface area contributed by atoms with Crippen LogP contribution in [-0.2, 0) is 15.8 Å². The van der Waals surface area contributed by atoms with E-state index in [1.165, 1.54) is 0 Å². The van der Waals surface area contributed by atoms with Gasteiger partial charge in [0.05, 0.1) is 21.7 Å². The summed E-state index contributed by atoms with van der Waals surface area (Å²) >= 11 is 0. The van der Waals surface area contributed by atoms with Gasteiger partial charge in [0, 0.05) is 6.07 Å². The summed E-state index contributed by atoms with van der Waals surface area (Å²) in [7, 11) is -3.82. The van der Waals surface area contributed by atoms with E-state index in [2.05, 4.69) is 5.43 Å². The van der Waals surface area contributed by atoms with Gasteiger partial charge in [0.15, 0.2) is 0 Å². The van der Waals surface area contributed by atoms with Crippen LogP contribution in [0.25, 0.3) is 0 Å². The summed E-state index contributed by atoms with van der Waals surface area (Å²) in [6.07, 6.45) is 0. The van der Waals surface area contributed by atoms with Crippen molar-refractivity contribution in [3.05, 3.63) is 74.3 Å². The average Bonchev–Trinajstić information content (AvgIpc) is 2.53. The molecule has 0 aliphatic carbocycles. The van der Waals surface area contributed by atoms with Gasteiger partial charge >= 0.3 is 5.69 Å². The molecule has 0 spiro atoms. The van der Waals surface area contributed by atoms with E-state index in [4.69, 9.17) is 0 Å². The maximum Gasteiger partial charge on any atom is 0.300 e. The third-order valence-electron chi connectivity index (χ3n) is 2.93. The van der Waals surface area contributed by atoms with Gasteiger partial charge in [0.25, 0.3) is 5.69 Å². The quantitative estimate of drug-likeness (QED) is 0.572. The molecule has 126 valence electrons. The van der Waals surface area contributed by atoms with Gasteiger partial charge in [-0.2, -0.15) is 0 Å². The van der Waals surface area contributed by atoms with Crippen molar-refractivity contribution < 1.29 is 18.3 Å². The third-order valence-corrected chi connectivity index (χ3v) is 4.06. The number of rotatable bonds is 7. The van der Waals surface area contributed by atoms with E-state index in [1.807, 2.05) is 4.83 Å². The molecule has 0 aromatic heterocycles. The van der Waals surface area contributed by atoms with Crippen LogP contribution in [0.3, 0.4) is 0 Å². The van der Waals surface area contributed by atoms with Crippen molar-refractivity contribution >= 4 is 27.1 Å². The second-order valence-electron chi connectivity index (χ2n) is 4.69. The summed E-state index contributed by atoms with van der Waals surface area (Å²) in [5.41, 5.74) is 1.45. The monoisotopic (exact) mass is 352 g/mol. The van der Waals surface area contributed by atoms with Crippen molar-refractivity contribution in [1.29, 1.82) is 0 Å². The molecule has 24 heavy (non-hydrogen) atoms. The van der Waals surface area contributed by atoms with Gasteiger partial charge in [-0.1, -0.05) is 30.3 Å².